The minimum Gasteiger partial charge on any atom is -0.352 e. The highest BCUT2D eigenvalue weighted by molar-refractivity contribution is 5.65. The van der Waals surface area contributed by atoms with Gasteiger partial charge in [0, 0.05) is 12.1 Å². The number of hydrogen-bond donors (Lipinski definition) is 2. The van der Waals surface area contributed by atoms with Crippen LogP contribution in [0.3, 0.4) is 0 Å². The van der Waals surface area contributed by atoms with E-state index in [1.165, 1.54) is 12.1 Å². The second kappa shape index (κ2) is 6.70. The van der Waals surface area contributed by atoms with Crippen molar-refractivity contribution in [3.63, 3.8) is 0 Å². The van der Waals surface area contributed by atoms with Gasteiger partial charge in [0.15, 0.2) is 5.69 Å². The van der Waals surface area contributed by atoms with Crippen LogP contribution in [-0.4, -0.2) is 16.0 Å². The molecule has 0 bridgehead atoms. The smallest absolute Gasteiger partial charge is 0.352 e. The summed E-state index contributed by atoms with van der Waals surface area (Å²) in [6.45, 7) is 3.44. The van der Waals surface area contributed by atoms with Crippen molar-refractivity contribution < 1.29 is 17.6 Å². The van der Waals surface area contributed by atoms with E-state index in [4.69, 9.17) is 5.26 Å². The molecule has 0 fully saturated rings. The quantitative estimate of drug-likeness (QED) is 0.822. The maximum Gasteiger partial charge on any atom is 0.433 e. The summed E-state index contributed by atoms with van der Waals surface area (Å²) in [7, 11) is 0. The monoisotopic (exact) mass is 339 g/mol. The zero-order valence-corrected chi connectivity index (χ0v) is 12.7. The predicted octanol–water partition coefficient (Wildman–Crippen LogP) is 4.07. The lowest BCUT2D eigenvalue weighted by Crippen LogP contribution is -2.17. The van der Waals surface area contributed by atoms with Crippen molar-refractivity contribution in [1.82, 2.24) is 9.97 Å². The summed E-state index contributed by atoms with van der Waals surface area (Å²) >= 11 is 0. The van der Waals surface area contributed by atoms with Crippen LogP contribution in [0.15, 0.2) is 24.3 Å². The van der Waals surface area contributed by atoms with E-state index in [0.717, 1.165) is 6.07 Å². The van der Waals surface area contributed by atoms with Crippen LogP contribution < -0.4 is 10.6 Å². The topological polar surface area (TPSA) is 73.6 Å². The molecule has 5 nitrogen and oxygen atoms in total. The van der Waals surface area contributed by atoms with Crippen LogP contribution in [0, 0.1) is 17.1 Å². The number of nitrogens with zero attached hydrogens (tertiary/aromatic N) is 3. The Labute approximate surface area is 135 Å². The van der Waals surface area contributed by atoms with Crippen molar-refractivity contribution >= 4 is 17.5 Å². The highest BCUT2D eigenvalue weighted by atomic mass is 19.4. The van der Waals surface area contributed by atoms with Gasteiger partial charge < -0.3 is 10.6 Å². The molecule has 0 saturated carbocycles. The van der Waals surface area contributed by atoms with Gasteiger partial charge in [0.25, 0.3) is 0 Å². The van der Waals surface area contributed by atoms with E-state index in [0.29, 0.717) is 6.07 Å². The lowest BCUT2D eigenvalue weighted by molar-refractivity contribution is -0.141. The first-order valence-corrected chi connectivity index (χ1v) is 6.89. The molecule has 126 valence electrons. The molecule has 0 unspecified atom stereocenters. The molecule has 1 heterocycles. The number of nitriles is 1. The van der Waals surface area contributed by atoms with Gasteiger partial charge in [-0.3, -0.25) is 0 Å². The Morgan fingerprint density at radius 1 is 1.21 bits per heavy atom. The van der Waals surface area contributed by atoms with Crippen LogP contribution in [0.25, 0.3) is 0 Å². The SMILES string of the molecule is CC(C)Nc1nc(Nc2cccc(F)c2C#N)cc(C(F)(F)F)n1. The maximum atomic E-state index is 13.6. The first-order valence-electron chi connectivity index (χ1n) is 6.89. The molecule has 0 radical (unpaired) electrons. The van der Waals surface area contributed by atoms with E-state index in [1.807, 2.05) is 0 Å². The third-order valence-corrected chi connectivity index (χ3v) is 2.82. The highest BCUT2D eigenvalue weighted by Gasteiger charge is 2.34. The molecular weight excluding hydrogens is 326 g/mol. The van der Waals surface area contributed by atoms with E-state index < -0.39 is 17.7 Å². The van der Waals surface area contributed by atoms with E-state index in [-0.39, 0.29) is 29.1 Å². The van der Waals surface area contributed by atoms with Gasteiger partial charge in [-0.15, -0.1) is 0 Å². The van der Waals surface area contributed by atoms with Crippen molar-refractivity contribution in [2.45, 2.75) is 26.1 Å². The van der Waals surface area contributed by atoms with Gasteiger partial charge in [-0.05, 0) is 26.0 Å². The Morgan fingerprint density at radius 3 is 2.50 bits per heavy atom. The normalized spacial score (nSPS) is 11.2. The molecule has 0 aliphatic carbocycles. The van der Waals surface area contributed by atoms with E-state index >= 15 is 0 Å². The van der Waals surface area contributed by atoms with Crippen LogP contribution in [0.2, 0.25) is 0 Å². The van der Waals surface area contributed by atoms with Crippen molar-refractivity contribution in [3.05, 3.63) is 41.3 Å². The second-order valence-corrected chi connectivity index (χ2v) is 5.16. The van der Waals surface area contributed by atoms with Gasteiger partial charge in [0.05, 0.1) is 5.69 Å². The first-order chi connectivity index (χ1) is 11.2. The number of nitrogens with one attached hydrogen (secondary N) is 2. The summed E-state index contributed by atoms with van der Waals surface area (Å²) in [6, 6.07) is 5.94. The Balaban J connectivity index is 2.47. The molecule has 1 aromatic heterocycles. The maximum absolute atomic E-state index is 13.6. The van der Waals surface area contributed by atoms with E-state index in [2.05, 4.69) is 20.6 Å². The molecule has 0 spiro atoms. The average Bonchev–Trinajstić information content (AvgIpc) is 2.45. The number of anilines is 3. The first kappa shape index (κ1) is 17.5. The van der Waals surface area contributed by atoms with Crippen LogP contribution in [0.4, 0.5) is 35.0 Å². The molecule has 2 N–H and O–H groups in total. The van der Waals surface area contributed by atoms with Crippen LogP contribution in [-0.2, 0) is 6.18 Å². The average molecular weight is 339 g/mol. The van der Waals surface area contributed by atoms with Crippen LogP contribution in [0.1, 0.15) is 25.1 Å². The summed E-state index contributed by atoms with van der Waals surface area (Å²) in [5.41, 5.74) is -1.46. The molecule has 2 aromatic rings. The Morgan fingerprint density at radius 2 is 1.92 bits per heavy atom. The van der Waals surface area contributed by atoms with Crippen molar-refractivity contribution in [2.24, 2.45) is 0 Å². The minimum atomic E-state index is -4.67. The van der Waals surface area contributed by atoms with Gasteiger partial charge in [0.2, 0.25) is 5.95 Å². The summed E-state index contributed by atoms with van der Waals surface area (Å²) < 4.78 is 52.5. The number of alkyl halides is 3. The van der Waals surface area contributed by atoms with Crippen LogP contribution in [0.5, 0.6) is 0 Å². The van der Waals surface area contributed by atoms with Gasteiger partial charge in [-0.25, -0.2) is 9.37 Å². The fourth-order valence-electron chi connectivity index (χ4n) is 1.86. The molecule has 2 rings (SSSR count). The van der Waals surface area contributed by atoms with E-state index in [1.54, 1.807) is 19.9 Å². The summed E-state index contributed by atoms with van der Waals surface area (Å²) in [4.78, 5) is 7.34. The minimum absolute atomic E-state index is 0.0137. The number of halogens is 4. The lowest BCUT2D eigenvalue weighted by Gasteiger charge is -2.14. The molecule has 9 heteroatoms. The Bertz CT molecular complexity index is 780. The third kappa shape index (κ3) is 4.10. The summed E-state index contributed by atoms with van der Waals surface area (Å²) in [5.74, 6) is -1.21. The van der Waals surface area contributed by atoms with Crippen LogP contribution >= 0.6 is 0 Å². The van der Waals surface area contributed by atoms with Gasteiger partial charge >= 0.3 is 6.18 Å². The number of rotatable bonds is 4. The van der Waals surface area contributed by atoms with Gasteiger partial charge in [-0.2, -0.15) is 23.4 Å². The zero-order valence-electron chi connectivity index (χ0n) is 12.7. The molecule has 0 saturated heterocycles. The summed E-state index contributed by atoms with van der Waals surface area (Å²) in [6.07, 6.45) is -4.67. The second-order valence-electron chi connectivity index (χ2n) is 5.16. The Hall–Kier alpha value is -2.89. The van der Waals surface area contributed by atoms with Gasteiger partial charge in [-0.1, -0.05) is 6.07 Å². The molecule has 0 aliphatic heterocycles. The predicted molar refractivity (Wildman–Crippen MR) is 80.2 cm³/mol. The molecule has 1 aromatic carbocycles. The lowest BCUT2D eigenvalue weighted by atomic mass is 10.2. The largest absolute Gasteiger partial charge is 0.433 e. The number of hydrogen-bond acceptors (Lipinski definition) is 5. The molecule has 0 amide bonds. The fourth-order valence-corrected chi connectivity index (χ4v) is 1.86. The fraction of sp³-hybridized carbons (Fsp3) is 0.267. The zero-order chi connectivity index (χ0) is 17.9. The summed E-state index contributed by atoms with van der Waals surface area (Å²) in [5, 5.41) is 14.2. The highest BCUT2D eigenvalue weighted by Crippen LogP contribution is 2.31. The van der Waals surface area contributed by atoms with E-state index in [9.17, 15) is 17.6 Å². The molecule has 24 heavy (non-hydrogen) atoms. The standard InChI is InChI=1S/C15H13F4N5/c1-8(2)21-14-23-12(15(17,18)19)6-13(24-14)22-11-5-3-4-10(16)9(11)7-20/h3-6,8H,1-2H3,(H2,21,22,23,24). The molecule has 0 aliphatic rings. The van der Waals surface area contributed by atoms with Crippen molar-refractivity contribution in [2.75, 3.05) is 10.6 Å². The molecular formula is C15H13F4N5. The van der Waals surface area contributed by atoms with Crippen molar-refractivity contribution in [3.8, 4) is 6.07 Å². The van der Waals surface area contributed by atoms with Gasteiger partial charge in [0.1, 0.15) is 23.3 Å². The third-order valence-electron chi connectivity index (χ3n) is 2.82. The Kier molecular flexibility index (Phi) is 4.87. The number of benzene rings is 1. The molecule has 0 atom stereocenters. The number of aromatic nitrogens is 2. The van der Waals surface area contributed by atoms with Crippen molar-refractivity contribution in [1.29, 1.82) is 5.26 Å².